The Morgan fingerprint density at radius 3 is 2.26 bits per heavy atom. The van der Waals surface area contributed by atoms with Gasteiger partial charge in [-0.3, -0.25) is 9.59 Å². The van der Waals surface area contributed by atoms with Crippen molar-refractivity contribution in [2.24, 2.45) is 0 Å². The summed E-state index contributed by atoms with van der Waals surface area (Å²) in [4.78, 5) is 28.7. The van der Waals surface area contributed by atoms with Crippen molar-refractivity contribution >= 4 is 58.4 Å². The molecule has 0 fully saturated rings. The van der Waals surface area contributed by atoms with E-state index in [2.05, 4.69) is 5.32 Å². The standard InChI is InChI=1S/C23H27Cl3N2O2S/c1-4-15(3)27-23(30)21(5-2)28(13-16-6-11-19(25)20(26)12-16)22(29)14-31-18-9-7-17(24)8-10-18/h6-12,15,21H,4-5,13-14H2,1-3H3,(H,27,30)/t15-,21-/m1/s1. The molecular formula is C23H27Cl3N2O2S. The first-order chi connectivity index (χ1) is 14.7. The highest BCUT2D eigenvalue weighted by molar-refractivity contribution is 8.00. The topological polar surface area (TPSA) is 49.4 Å². The second-order valence-electron chi connectivity index (χ2n) is 7.25. The van der Waals surface area contributed by atoms with Crippen LogP contribution in [-0.2, 0) is 16.1 Å². The Morgan fingerprint density at radius 1 is 1.00 bits per heavy atom. The maximum Gasteiger partial charge on any atom is 0.243 e. The molecule has 0 spiro atoms. The summed E-state index contributed by atoms with van der Waals surface area (Å²) in [6.07, 6.45) is 1.32. The van der Waals surface area contributed by atoms with Gasteiger partial charge in [0.05, 0.1) is 15.8 Å². The summed E-state index contributed by atoms with van der Waals surface area (Å²) in [7, 11) is 0. The number of halogens is 3. The number of nitrogens with one attached hydrogen (secondary N) is 1. The molecule has 0 aliphatic rings. The van der Waals surface area contributed by atoms with E-state index in [9.17, 15) is 9.59 Å². The van der Waals surface area contributed by atoms with Crippen LogP contribution in [0.4, 0.5) is 0 Å². The monoisotopic (exact) mass is 500 g/mol. The SMILES string of the molecule is CC[C@@H](C)NC(=O)[C@@H](CC)N(Cc1ccc(Cl)c(Cl)c1)C(=O)CSc1ccc(Cl)cc1. The summed E-state index contributed by atoms with van der Waals surface area (Å²) in [6, 6.07) is 12.0. The molecule has 2 rings (SSSR count). The fourth-order valence-corrected chi connectivity index (χ4v) is 4.19. The molecule has 0 bridgehead atoms. The Balaban J connectivity index is 2.23. The van der Waals surface area contributed by atoms with E-state index in [1.165, 1.54) is 11.8 Å². The third kappa shape index (κ3) is 7.90. The summed E-state index contributed by atoms with van der Waals surface area (Å²) >= 11 is 19.5. The number of benzene rings is 2. The van der Waals surface area contributed by atoms with Crippen molar-refractivity contribution in [2.75, 3.05) is 5.75 Å². The minimum atomic E-state index is -0.582. The molecule has 1 N–H and O–H groups in total. The summed E-state index contributed by atoms with van der Waals surface area (Å²) < 4.78 is 0. The van der Waals surface area contributed by atoms with Gasteiger partial charge in [-0.1, -0.05) is 54.7 Å². The fraction of sp³-hybridized carbons (Fsp3) is 0.391. The van der Waals surface area contributed by atoms with Gasteiger partial charge in [-0.25, -0.2) is 0 Å². The van der Waals surface area contributed by atoms with Crippen molar-refractivity contribution in [3.05, 3.63) is 63.1 Å². The van der Waals surface area contributed by atoms with Crippen molar-refractivity contribution in [3.63, 3.8) is 0 Å². The molecule has 8 heteroatoms. The minimum absolute atomic E-state index is 0.0342. The number of hydrogen-bond acceptors (Lipinski definition) is 3. The van der Waals surface area contributed by atoms with Crippen LogP contribution in [0.3, 0.4) is 0 Å². The summed E-state index contributed by atoms with van der Waals surface area (Å²) in [5, 5.41) is 4.51. The van der Waals surface area contributed by atoms with Gasteiger partial charge < -0.3 is 10.2 Å². The van der Waals surface area contributed by atoms with E-state index in [1.54, 1.807) is 29.2 Å². The highest BCUT2D eigenvalue weighted by Crippen LogP contribution is 2.25. The molecule has 2 aromatic rings. The number of thioether (sulfide) groups is 1. The molecule has 4 nitrogen and oxygen atoms in total. The van der Waals surface area contributed by atoms with Crippen LogP contribution in [0.2, 0.25) is 15.1 Å². The molecule has 0 aromatic heterocycles. The average molecular weight is 502 g/mol. The van der Waals surface area contributed by atoms with Gasteiger partial charge in [0.1, 0.15) is 6.04 Å². The van der Waals surface area contributed by atoms with E-state index in [4.69, 9.17) is 34.8 Å². The van der Waals surface area contributed by atoms with Crippen molar-refractivity contribution in [1.82, 2.24) is 10.2 Å². The molecular weight excluding hydrogens is 475 g/mol. The van der Waals surface area contributed by atoms with Gasteiger partial charge in [-0.05, 0) is 61.7 Å². The second-order valence-corrected chi connectivity index (χ2v) is 9.55. The molecule has 168 valence electrons. The smallest absolute Gasteiger partial charge is 0.243 e. The van der Waals surface area contributed by atoms with Gasteiger partial charge in [0.15, 0.2) is 0 Å². The van der Waals surface area contributed by atoms with Crippen LogP contribution in [-0.4, -0.2) is 34.6 Å². The van der Waals surface area contributed by atoms with Gasteiger partial charge in [-0.2, -0.15) is 0 Å². The lowest BCUT2D eigenvalue weighted by Crippen LogP contribution is -2.51. The van der Waals surface area contributed by atoms with Gasteiger partial charge in [-0.15, -0.1) is 11.8 Å². The predicted octanol–water partition coefficient (Wildman–Crippen LogP) is 6.46. The lowest BCUT2D eigenvalue weighted by atomic mass is 10.1. The zero-order chi connectivity index (χ0) is 23.0. The van der Waals surface area contributed by atoms with Gasteiger partial charge >= 0.3 is 0 Å². The average Bonchev–Trinajstić information content (AvgIpc) is 2.75. The predicted molar refractivity (Wildman–Crippen MR) is 131 cm³/mol. The Hall–Kier alpha value is -1.40. The minimum Gasteiger partial charge on any atom is -0.352 e. The Kier molecular flexibility index (Phi) is 10.5. The Bertz CT molecular complexity index is 893. The number of rotatable bonds is 10. The fourth-order valence-electron chi connectivity index (χ4n) is 2.95. The van der Waals surface area contributed by atoms with Crippen LogP contribution in [0.25, 0.3) is 0 Å². The number of nitrogens with zero attached hydrogens (tertiary/aromatic N) is 1. The summed E-state index contributed by atoms with van der Waals surface area (Å²) in [5.74, 6) is -0.0743. The first-order valence-electron chi connectivity index (χ1n) is 10.2. The zero-order valence-corrected chi connectivity index (χ0v) is 20.9. The van der Waals surface area contributed by atoms with Gasteiger partial charge in [0, 0.05) is 22.5 Å². The molecule has 0 aliphatic heterocycles. The first-order valence-corrected chi connectivity index (χ1v) is 12.3. The second kappa shape index (κ2) is 12.6. The van der Waals surface area contributed by atoms with Crippen molar-refractivity contribution in [3.8, 4) is 0 Å². The largest absolute Gasteiger partial charge is 0.352 e. The van der Waals surface area contributed by atoms with E-state index in [1.807, 2.05) is 39.0 Å². The summed E-state index contributed by atoms with van der Waals surface area (Å²) in [6.45, 7) is 6.13. The van der Waals surface area contributed by atoms with Crippen molar-refractivity contribution < 1.29 is 9.59 Å². The lowest BCUT2D eigenvalue weighted by Gasteiger charge is -2.31. The lowest BCUT2D eigenvalue weighted by molar-refractivity contribution is -0.139. The van der Waals surface area contributed by atoms with Crippen molar-refractivity contribution in [1.29, 1.82) is 0 Å². The van der Waals surface area contributed by atoms with Crippen LogP contribution in [0, 0.1) is 0 Å². The molecule has 2 atom stereocenters. The summed E-state index contributed by atoms with van der Waals surface area (Å²) in [5.41, 5.74) is 0.814. The van der Waals surface area contributed by atoms with Gasteiger partial charge in [0.2, 0.25) is 11.8 Å². The van der Waals surface area contributed by atoms with E-state index < -0.39 is 6.04 Å². The maximum absolute atomic E-state index is 13.2. The number of amides is 2. The molecule has 31 heavy (non-hydrogen) atoms. The first kappa shape index (κ1) is 25.9. The van der Waals surface area contributed by atoms with Crippen LogP contribution in [0.5, 0.6) is 0 Å². The molecule has 2 amide bonds. The zero-order valence-electron chi connectivity index (χ0n) is 17.8. The molecule has 0 unspecified atom stereocenters. The molecule has 0 aliphatic carbocycles. The Morgan fingerprint density at radius 2 is 1.68 bits per heavy atom. The van der Waals surface area contributed by atoms with Crippen LogP contribution in [0.15, 0.2) is 47.4 Å². The molecule has 0 radical (unpaired) electrons. The number of carbonyl (C=O) groups excluding carboxylic acids is 2. The maximum atomic E-state index is 13.2. The van der Waals surface area contributed by atoms with E-state index >= 15 is 0 Å². The quantitative estimate of drug-likeness (QED) is 0.380. The van der Waals surface area contributed by atoms with Crippen molar-refractivity contribution in [2.45, 2.75) is 57.1 Å². The Labute approximate surface area is 203 Å². The van der Waals surface area contributed by atoms with E-state index in [0.29, 0.717) is 21.5 Å². The third-order valence-corrected chi connectivity index (χ3v) is 6.89. The number of hydrogen-bond donors (Lipinski definition) is 1. The normalized spacial score (nSPS) is 12.8. The van der Waals surface area contributed by atoms with Crippen LogP contribution < -0.4 is 5.32 Å². The van der Waals surface area contributed by atoms with E-state index in [-0.39, 0.29) is 30.2 Å². The van der Waals surface area contributed by atoms with Crippen LogP contribution in [0.1, 0.15) is 39.2 Å². The highest BCUT2D eigenvalue weighted by Gasteiger charge is 2.29. The van der Waals surface area contributed by atoms with E-state index in [0.717, 1.165) is 16.9 Å². The molecule has 2 aromatic carbocycles. The number of carbonyl (C=O) groups is 2. The molecule has 0 saturated heterocycles. The third-order valence-electron chi connectivity index (χ3n) is 4.90. The highest BCUT2D eigenvalue weighted by atomic mass is 35.5. The van der Waals surface area contributed by atoms with Crippen LogP contribution >= 0.6 is 46.6 Å². The molecule has 0 heterocycles. The van der Waals surface area contributed by atoms with Gasteiger partial charge in [0.25, 0.3) is 0 Å². The molecule has 0 saturated carbocycles.